The van der Waals surface area contributed by atoms with Gasteiger partial charge in [-0.1, -0.05) is 43.3 Å². The van der Waals surface area contributed by atoms with E-state index in [9.17, 15) is 14.4 Å². The number of hydrogen-bond donors (Lipinski definition) is 1. The summed E-state index contributed by atoms with van der Waals surface area (Å²) in [5.74, 6) is 0.0231. The van der Waals surface area contributed by atoms with Gasteiger partial charge < -0.3 is 10.1 Å². The van der Waals surface area contributed by atoms with E-state index in [1.807, 2.05) is 30.3 Å². The third-order valence-corrected chi connectivity index (χ3v) is 11.1. The molecule has 3 heterocycles. The first-order valence-corrected chi connectivity index (χ1v) is 16.9. The molecular formula is C31H33N3O4S3. The molecule has 1 atom stereocenters. The fraction of sp³-hybridized carbons (Fsp3) is 0.419. The van der Waals surface area contributed by atoms with E-state index in [0.29, 0.717) is 27.0 Å². The number of aryl methyl sites for hydroxylation is 2. The number of amides is 1. The number of para-hydroxylation sites is 1. The Morgan fingerprint density at radius 1 is 1.07 bits per heavy atom. The average Bonchev–Trinajstić information content (AvgIpc) is 3.40. The smallest absolute Gasteiger partial charge is 0.341 e. The monoisotopic (exact) mass is 607 g/mol. The van der Waals surface area contributed by atoms with Crippen molar-refractivity contribution in [3.8, 4) is 5.69 Å². The van der Waals surface area contributed by atoms with Crippen LogP contribution in [0.1, 0.15) is 70.8 Å². The number of esters is 1. The fourth-order valence-corrected chi connectivity index (χ4v) is 9.35. The van der Waals surface area contributed by atoms with Crippen molar-refractivity contribution >= 4 is 61.5 Å². The Morgan fingerprint density at radius 2 is 1.88 bits per heavy atom. The zero-order chi connectivity index (χ0) is 28.5. The molecule has 214 valence electrons. The van der Waals surface area contributed by atoms with Crippen molar-refractivity contribution < 1.29 is 14.3 Å². The molecule has 0 spiro atoms. The minimum atomic E-state index is -0.379. The molecule has 0 saturated carbocycles. The number of anilines is 1. The first kappa shape index (κ1) is 28.2. The van der Waals surface area contributed by atoms with Crippen LogP contribution >= 0.6 is 34.4 Å². The van der Waals surface area contributed by atoms with Gasteiger partial charge in [-0.25, -0.2) is 9.78 Å². The summed E-state index contributed by atoms with van der Waals surface area (Å²) in [5, 5.41) is 4.76. The molecule has 0 saturated heterocycles. The van der Waals surface area contributed by atoms with Crippen LogP contribution in [0.3, 0.4) is 0 Å². The Morgan fingerprint density at radius 3 is 2.68 bits per heavy atom. The van der Waals surface area contributed by atoms with Crippen LogP contribution in [0.4, 0.5) is 5.00 Å². The first-order chi connectivity index (χ1) is 19.9. The molecule has 1 N–H and O–H groups in total. The summed E-state index contributed by atoms with van der Waals surface area (Å²) in [7, 11) is 0. The lowest BCUT2D eigenvalue weighted by Crippen LogP contribution is -2.23. The minimum Gasteiger partial charge on any atom is -0.462 e. The fourth-order valence-electron chi connectivity index (χ4n) is 5.82. The van der Waals surface area contributed by atoms with Crippen LogP contribution < -0.4 is 10.9 Å². The Kier molecular flexibility index (Phi) is 8.33. The number of benzene rings is 1. The van der Waals surface area contributed by atoms with Crippen LogP contribution in [0.15, 0.2) is 40.3 Å². The number of rotatable bonds is 7. The van der Waals surface area contributed by atoms with Gasteiger partial charge in [0.2, 0.25) is 5.91 Å². The van der Waals surface area contributed by atoms with Gasteiger partial charge in [-0.2, -0.15) is 0 Å². The van der Waals surface area contributed by atoms with Crippen LogP contribution in [0.5, 0.6) is 0 Å². The predicted molar refractivity (Wildman–Crippen MR) is 167 cm³/mol. The zero-order valence-electron chi connectivity index (χ0n) is 23.3. The van der Waals surface area contributed by atoms with E-state index >= 15 is 0 Å². The highest BCUT2D eigenvalue weighted by Crippen LogP contribution is 2.39. The number of fused-ring (bicyclic) bond motifs is 4. The lowest BCUT2D eigenvalue weighted by atomic mass is 9.89. The molecule has 7 nitrogen and oxygen atoms in total. The number of thiophene rings is 2. The highest BCUT2D eigenvalue weighted by atomic mass is 32.2. The van der Waals surface area contributed by atoms with Gasteiger partial charge in [-0.05, 0) is 81.0 Å². The van der Waals surface area contributed by atoms with Gasteiger partial charge in [0.05, 0.1) is 29.0 Å². The maximum Gasteiger partial charge on any atom is 0.341 e. The van der Waals surface area contributed by atoms with Crippen molar-refractivity contribution in [2.45, 2.75) is 70.4 Å². The van der Waals surface area contributed by atoms with E-state index < -0.39 is 0 Å². The number of hydrogen-bond acceptors (Lipinski definition) is 8. The van der Waals surface area contributed by atoms with Gasteiger partial charge >= 0.3 is 5.97 Å². The first-order valence-electron chi connectivity index (χ1n) is 14.3. The van der Waals surface area contributed by atoms with Gasteiger partial charge in [0.25, 0.3) is 5.56 Å². The Hall–Kier alpha value is -2.95. The SMILES string of the molecule is CCOC(=O)c1c(NC(=O)CSc2nc3sc4c(c3c(=O)n2-c2ccccc2)CCC(C)C4)sc2c1CCCCC2. The number of carbonyl (C=O) groups is 2. The molecule has 2 aliphatic rings. The summed E-state index contributed by atoms with van der Waals surface area (Å²) >= 11 is 4.34. The van der Waals surface area contributed by atoms with Crippen molar-refractivity contribution in [2.75, 3.05) is 17.7 Å². The van der Waals surface area contributed by atoms with Gasteiger partial charge in [0, 0.05) is 9.75 Å². The maximum absolute atomic E-state index is 14.0. The maximum atomic E-state index is 14.0. The van der Waals surface area contributed by atoms with E-state index in [0.717, 1.165) is 77.9 Å². The number of aromatic nitrogens is 2. The molecule has 2 aliphatic carbocycles. The number of nitrogens with zero attached hydrogens (tertiary/aromatic N) is 2. The minimum absolute atomic E-state index is 0.0533. The molecule has 0 aliphatic heterocycles. The third-order valence-electron chi connectivity index (χ3n) is 7.80. The lowest BCUT2D eigenvalue weighted by molar-refractivity contribution is -0.113. The van der Waals surface area contributed by atoms with Gasteiger partial charge in [0.15, 0.2) is 5.16 Å². The largest absolute Gasteiger partial charge is 0.462 e. The molecule has 6 rings (SSSR count). The number of nitrogens with one attached hydrogen (secondary N) is 1. The van der Waals surface area contributed by atoms with Crippen LogP contribution in [0, 0.1) is 5.92 Å². The molecule has 1 amide bonds. The number of ether oxygens (including phenoxy) is 1. The van der Waals surface area contributed by atoms with E-state index in [4.69, 9.17) is 9.72 Å². The summed E-state index contributed by atoms with van der Waals surface area (Å²) in [5.41, 5.74) is 3.32. The second-order valence-electron chi connectivity index (χ2n) is 10.7. The van der Waals surface area contributed by atoms with Gasteiger partial charge in [-0.3, -0.25) is 14.2 Å². The second kappa shape index (κ2) is 12.1. The quantitative estimate of drug-likeness (QED) is 0.107. The van der Waals surface area contributed by atoms with E-state index in [-0.39, 0.29) is 29.8 Å². The van der Waals surface area contributed by atoms with Gasteiger partial charge in [0.1, 0.15) is 9.83 Å². The lowest BCUT2D eigenvalue weighted by Gasteiger charge is -2.17. The molecule has 0 fully saturated rings. The van der Waals surface area contributed by atoms with Crippen LogP contribution in [0.2, 0.25) is 0 Å². The van der Waals surface area contributed by atoms with Crippen LogP contribution in [-0.2, 0) is 35.2 Å². The summed E-state index contributed by atoms with van der Waals surface area (Å²) in [6, 6.07) is 9.50. The molecule has 0 radical (unpaired) electrons. The van der Waals surface area contributed by atoms with Crippen molar-refractivity contribution in [2.24, 2.45) is 5.92 Å². The highest BCUT2D eigenvalue weighted by molar-refractivity contribution is 7.99. The summed E-state index contributed by atoms with van der Waals surface area (Å²) in [6.45, 7) is 4.32. The van der Waals surface area contributed by atoms with Crippen LogP contribution in [0.25, 0.3) is 15.9 Å². The topological polar surface area (TPSA) is 90.3 Å². The summed E-state index contributed by atoms with van der Waals surface area (Å²) in [4.78, 5) is 48.3. The summed E-state index contributed by atoms with van der Waals surface area (Å²) in [6.07, 6.45) is 7.90. The number of carbonyl (C=O) groups excluding carboxylic acids is 2. The van der Waals surface area contributed by atoms with Crippen molar-refractivity contribution in [1.29, 1.82) is 0 Å². The zero-order valence-corrected chi connectivity index (χ0v) is 25.7. The van der Waals surface area contributed by atoms with Crippen molar-refractivity contribution in [3.63, 3.8) is 0 Å². The molecule has 1 aromatic carbocycles. The van der Waals surface area contributed by atoms with Gasteiger partial charge in [-0.15, -0.1) is 22.7 Å². The molecule has 0 bridgehead atoms. The van der Waals surface area contributed by atoms with E-state index in [1.165, 1.54) is 28.0 Å². The van der Waals surface area contributed by atoms with Crippen LogP contribution in [-0.4, -0.2) is 33.8 Å². The summed E-state index contributed by atoms with van der Waals surface area (Å²) < 4.78 is 7.01. The van der Waals surface area contributed by atoms with E-state index in [2.05, 4.69) is 12.2 Å². The Labute approximate surface area is 251 Å². The van der Waals surface area contributed by atoms with Crippen molar-refractivity contribution in [3.05, 3.63) is 67.1 Å². The Bertz CT molecular complexity index is 1670. The third kappa shape index (κ3) is 5.61. The predicted octanol–water partition coefficient (Wildman–Crippen LogP) is 6.81. The molecule has 41 heavy (non-hydrogen) atoms. The molecular weight excluding hydrogens is 575 g/mol. The van der Waals surface area contributed by atoms with Crippen molar-refractivity contribution in [1.82, 2.24) is 9.55 Å². The standard InChI is InChI=1S/C31H33N3O4S3/c1-3-38-30(37)26-20-12-8-5-9-13-22(20)40-28(26)32-24(35)17-39-31-33-27-25(21-15-14-18(2)16-23(21)41-27)29(36)34(31)19-10-6-4-7-11-19/h4,6-7,10-11,18H,3,5,8-9,12-17H2,1-2H3,(H,32,35). The average molecular weight is 608 g/mol. The second-order valence-corrected chi connectivity index (χ2v) is 13.9. The molecule has 1 unspecified atom stereocenters. The molecule has 4 aromatic rings. The molecule has 3 aromatic heterocycles. The highest BCUT2D eigenvalue weighted by Gasteiger charge is 2.28. The normalized spacial score (nSPS) is 16.6. The molecule has 10 heteroatoms. The van der Waals surface area contributed by atoms with E-state index in [1.54, 1.807) is 22.8 Å². The number of thioether (sulfide) groups is 1. The Balaban J connectivity index is 1.31.